The average molecular weight is 422 g/mol. The fourth-order valence-electron chi connectivity index (χ4n) is 4.93. The Bertz CT molecular complexity index is 940. The van der Waals surface area contributed by atoms with Gasteiger partial charge in [-0.15, -0.1) is 0 Å². The molecular weight excluding hydrogens is 390 g/mol. The number of ketones is 1. The lowest BCUT2D eigenvalue weighted by molar-refractivity contribution is -0.131. The molecule has 1 fully saturated rings. The minimum absolute atomic E-state index is 0.113. The predicted octanol–water partition coefficient (Wildman–Crippen LogP) is 4.92. The highest BCUT2D eigenvalue weighted by molar-refractivity contribution is 5.82. The average Bonchev–Trinajstić information content (AvgIpc) is 2.74. The molecular formula is C26H31NO4. The maximum atomic E-state index is 12.2. The molecule has 0 radical (unpaired) electrons. The normalized spacial score (nSPS) is 20.1. The van der Waals surface area contributed by atoms with Gasteiger partial charge in [0, 0.05) is 62.7 Å². The molecule has 1 saturated carbocycles. The van der Waals surface area contributed by atoms with E-state index in [-0.39, 0.29) is 11.9 Å². The summed E-state index contributed by atoms with van der Waals surface area (Å²) in [7, 11) is 2.06. The van der Waals surface area contributed by atoms with Crippen molar-refractivity contribution in [3.8, 4) is 11.5 Å². The van der Waals surface area contributed by atoms with Crippen LogP contribution in [0, 0.1) is 5.92 Å². The first-order valence-electron chi connectivity index (χ1n) is 11.3. The second-order valence-corrected chi connectivity index (χ2v) is 8.77. The fourth-order valence-corrected chi connectivity index (χ4v) is 4.93. The van der Waals surface area contributed by atoms with Gasteiger partial charge in [-0.1, -0.05) is 30.3 Å². The van der Waals surface area contributed by atoms with Gasteiger partial charge in [0.1, 0.15) is 17.3 Å². The maximum absolute atomic E-state index is 12.2. The van der Waals surface area contributed by atoms with E-state index in [2.05, 4.69) is 36.2 Å². The van der Waals surface area contributed by atoms with E-state index in [9.17, 15) is 9.59 Å². The molecule has 0 aromatic heterocycles. The molecule has 0 bridgehead atoms. The summed E-state index contributed by atoms with van der Waals surface area (Å²) < 4.78 is 11.7. The summed E-state index contributed by atoms with van der Waals surface area (Å²) in [5, 5.41) is 0. The third-order valence-corrected chi connectivity index (χ3v) is 6.42. The van der Waals surface area contributed by atoms with Gasteiger partial charge in [0.25, 0.3) is 0 Å². The Morgan fingerprint density at radius 2 is 1.97 bits per heavy atom. The topological polar surface area (TPSA) is 55.8 Å². The lowest BCUT2D eigenvalue weighted by atomic mass is 9.71. The highest BCUT2D eigenvalue weighted by atomic mass is 16.5. The van der Waals surface area contributed by atoms with Crippen molar-refractivity contribution >= 4 is 17.4 Å². The van der Waals surface area contributed by atoms with Crippen molar-refractivity contribution < 1.29 is 19.1 Å². The number of benzene rings is 2. The van der Waals surface area contributed by atoms with Crippen molar-refractivity contribution in [3.63, 3.8) is 0 Å². The largest absolute Gasteiger partial charge is 0.493 e. The zero-order valence-electron chi connectivity index (χ0n) is 18.4. The first kappa shape index (κ1) is 21.4. The quantitative estimate of drug-likeness (QED) is 0.361. The first-order chi connectivity index (χ1) is 15.0. The van der Waals surface area contributed by atoms with Crippen LogP contribution in [0.3, 0.4) is 0 Å². The molecule has 2 aromatic rings. The summed E-state index contributed by atoms with van der Waals surface area (Å²) >= 11 is 0. The van der Waals surface area contributed by atoms with E-state index in [0.29, 0.717) is 42.6 Å². The van der Waals surface area contributed by atoms with Crippen molar-refractivity contribution in [2.24, 2.45) is 5.92 Å². The molecule has 164 valence electrons. The number of esters is 1. The van der Waals surface area contributed by atoms with Crippen molar-refractivity contribution in [1.82, 2.24) is 0 Å². The van der Waals surface area contributed by atoms with Crippen LogP contribution in [0.15, 0.2) is 42.5 Å². The number of fused-ring (bicyclic) bond motifs is 3. The van der Waals surface area contributed by atoms with E-state index in [4.69, 9.17) is 9.47 Å². The second kappa shape index (κ2) is 9.54. The molecule has 5 heteroatoms. The van der Waals surface area contributed by atoms with Crippen LogP contribution < -0.4 is 14.4 Å². The minimum atomic E-state index is -0.353. The number of aryl methyl sites for hydroxylation is 1. The Kier molecular flexibility index (Phi) is 6.59. The molecule has 0 saturated heterocycles. The lowest BCUT2D eigenvalue weighted by Crippen LogP contribution is -2.39. The van der Waals surface area contributed by atoms with Gasteiger partial charge in [-0.2, -0.15) is 0 Å². The van der Waals surface area contributed by atoms with E-state index in [1.54, 1.807) is 0 Å². The van der Waals surface area contributed by atoms with Gasteiger partial charge in [-0.25, -0.2) is 0 Å². The van der Waals surface area contributed by atoms with Gasteiger partial charge in [-0.3, -0.25) is 9.59 Å². The number of unbranched alkanes of at least 4 members (excludes halogenated alkanes) is 1. The number of carbonyl (C=O) groups excluding carboxylic acids is 2. The van der Waals surface area contributed by atoms with Gasteiger partial charge in [0.15, 0.2) is 0 Å². The summed E-state index contributed by atoms with van der Waals surface area (Å²) in [6, 6.07) is 14.3. The second-order valence-electron chi connectivity index (χ2n) is 8.77. The van der Waals surface area contributed by atoms with E-state index < -0.39 is 0 Å². The van der Waals surface area contributed by atoms with Crippen molar-refractivity contribution in [2.75, 3.05) is 25.1 Å². The van der Waals surface area contributed by atoms with Crippen LogP contribution >= 0.6 is 0 Å². The first-order valence-corrected chi connectivity index (χ1v) is 11.3. The summed E-state index contributed by atoms with van der Waals surface area (Å²) in [5.41, 5.74) is 3.33. The predicted molar refractivity (Wildman–Crippen MR) is 121 cm³/mol. The van der Waals surface area contributed by atoms with Crippen LogP contribution in [0.25, 0.3) is 0 Å². The van der Waals surface area contributed by atoms with E-state index in [1.807, 2.05) is 18.2 Å². The van der Waals surface area contributed by atoms with Crippen molar-refractivity contribution in [2.45, 2.75) is 51.4 Å². The van der Waals surface area contributed by atoms with Crippen LogP contribution in [-0.4, -0.2) is 32.0 Å². The molecule has 0 spiro atoms. The van der Waals surface area contributed by atoms with Gasteiger partial charge in [0.05, 0.1) is 6.61 Å². The van der Waals surface area contributed by atoms with Gasteiger partial charge >= 0.3 is 5.97 Å². The molecule has 5 nitrogen and oxygen atoms in total. The number of ether oxygens (including phenoxy) is 2. The Morgan fingerprint density at radius 3 is 2.74 bits per heavy atom. The molecule has 31 heavy (non-hydrogen) atoms. The number of nitrogens with zero attached hydrogens (tertiary/aromatic N) is 1. The number of hydrogen-bond donors (Lipinski definition) is 0. The fraction of sp³-hybridized carbons (Fsp3) is 0.462. The van der Waals surface area contributed by atoms with Crippen LogP contribution in [0.2, 0.25) is 0 Å². The third kappa shape index (κ3) is 5.09. The van der Waals surface area contributed by atoms with Crippen molar-refractivity contribution in [1.29, 1.82) is 0 Å². The van der Waals surface area contributed by atoms with E-state index >= 15 is 0 Å². The molecule has 0 unspecified atom stereocenters. The van der Waals surface area contributed by atoms with Crippen LogP contribution in [-0.2, 0) is 16.0 Å². The molecule has 0 amide bonds. The highest BCUT2D eigenvalue weighted by Gasteiger charge is 2.39. The van der Waals surface area contributed by atoms with Crippen molar-refractivity contribution in [3.05, 3.63) is 53.6 Å². The monoisotopic (exact) mass is 421 g/mol. The summed E-state index contributed by atoms with van der Waals surface area (Å²) in [6.07, 6.45) is 5.11. The van der Waals surface area contributed by atoms with Gasteiger partial charge in [-0.05, 0) is 37.2 Å². The maximum Gasteiger partial charge on any atom is 0.308 e. The molecule has 4 rings (SSSR count). The van der Waals surface area contributed by atoms with Crippen LogP contribution in [0.5, 0.6) is 11.5 Å². The lowest BCUT2D eigenvalue weighted by Gasteiger charge is -2.42. The molecule has 2 aromatic carbocycles. The molecule has 2 atom stereocenters. The van der Waals surface area contributed by atoms with Gasteiger partial charge < -0.3 is 14.4 Å². The summed E-state index contributed by atoms with van der Waals surface area (Å²) in [4.78, 5) is 26.2. The Balaban J connectivity index is 1.48. The molecule has 0 N–H and O–H groups in total. The zero-order valence-corrected chi connectivity index (χ0v) is 18.4. The number of hydrogen-bond acceptors (Lipinski definition) is 5. The minimum Gasteiger partial charge on any atom is -0.493 e. The highest BCUT2D eigenvalue weighted by Crippen LogP contribution is 2.50. The molecule has 2 aliphatic rings. The van der Waals surface area contributed by atoms with E-state index in [0.717, 1.165) is 43.5 Å². The number of Topliss-reactive ketones (excluding diaryl/α,β-unsaturated/α-hetero) is 1. The molecule has 1 aliphatic heterocycles. The van der Waals surface area contributed by atoms with E-state index in [1.165, 1.54) is 12.5 Å². The standard InChI is InChI=1S/C26H31NO4/c1-18(28)31-25-16-22(30-13-7-6-10-19-8-4-3-5-9-19)15-24-26(25)23-14-21(29)12-11-20(23)17-27(24)2/h3-5,8-9,15-16,20,23H,6-7,10-14,17H2,1-2H3/t20-,23+/m0/s1. The SMILES string of the molecule is CC(=O)Oc1cc(OCCCCc2ccccc2)cc2c1[C@@H]1CC(=O)CC[C@H]1CN2C. The molecule has 1 aliphatic carbocycles. The zero-order chi connectivity index (χ0) is 21.8. The van der Waals surface area contributed by atoms with Crippen LogP contribution in [0.1, 0.15) is 56.1 Å². The third-order valence-electron chi connectivity index (χ3n) is 6.42. The summed E-state index contributed by atoms with van der Waals surface area (Å²) in [6.45, 7) is 2.93. The smallest absolute Gasteiger partial charge is 0.308 e. The summed E-state index contributed by atoms with van der Waals surface area (Å²) in [5.74, 6) is 1.72. The molecule has 1 heterocycles. The number of carbonyl (C=O) groups is 2. The van der Waals surface area contributed by atoms with Crippen LogP contribution in [0.4, 0.5) is 5.69 Å². The Hall–Kier alpha value is -2.82. The number of rotatable bonds is 7. The number of anilines is 1. The van der Waals surface area contributed by atoms with Gasteiger partial charge in [0.2, 0.25) is 0 Å². The Labute approximate surface area is 184 Å². The Morgan fingerprint density at radius 1 is 1.16 bits per heavy atom.